The van der Waals surface area contributed by atoms with Gasteiger partial charge in [0.05, 0.1) is 17.1 Å². The van der Waals surface area contributed by atoms with Crippen LogP contribution in [0.5, 0.6) is 0 Å². The fourth-order valence-electron chi connectivity index (χ4n) is 3.37. The Bertz CT molecular complexity index is 1130. The predicted molar refractivity (Wildman–Crippen MR) is 123 cm³/mol. The van der Waals surface area contributed by atoms with E-state index < -0.39 is 0 Å². The molecule has 146 valence electrons. The molecule has 2 heterocycles. The van der Waals surface area contributed by atoms with Crippen LogP contribution in [0.15, 0.2) is 71.6 Å². The number of aromatic amines is 1. The van der Waals surface area contributed by atoms with Gasteiger partial charge in [-0.2, -0.15) is 0 Å². The van der Waals surface area contributed by atoms with Crippen LogP contribution in [0.25, 0.3) is 33.8 Å². The van der Waals surface area contributed by atoms with Crippen molar-refractivity contribution in [1.29, 1.82) is 0 Å². The number of imidazole rings is 1. The highest BCUT2D eigenvalue weighted by Gasteiger charge is 2.17. The Morgan fingerprint density at radius 1 is 0.828 bits per heavy atom. The van der Waals surface area contributed by atoms with Gasteiger partial charge in [-0.25, -0.2) is 4.98 Å². The van der Waals surface area contributed by atoms with Crippen LogP contribution in [0.3, 0.4) is 0 Å². The lowest BCUT2D eigenvalue weighted by atomic mass is 10.0. The summed E-state index contributed by atoms with van der Waals surface area (Å²) in [6.45, 7) is 6.32. The van der Waals surface area contributed by atoms with Crippen LogP contribution in [-0.2, 0) is 0 Å². The lowest BCUT2D eigenvalue weighted by molar-refractivity contribution is 0.795. The van der Waals surface area contributed by atoms with Crippen molar-refractivity contribution in [2.45, 2.75) is 31.6 Å². The van der Waals surface area contributed by atoms with E-state index in [1.807, 2.05) is 25.1 Å². The van der Waals surface area contributed by atoms with Crippen LogP contribution < -0.4 is 0 Å². The molecule has 4 aromatic rings. The third kappa shape index (κ3) is 4.13. The minimum absolute atomic E-state index is 0.314. The van der Waals surface area contributed by atoms with Crippen LogP contribution in [-0.4, -0.2) is 21.2 Å². The molecular weight excluding hydrogens is 374 g/mol. The maximum atomic E-state index is 4.95. The lowest BCUT2D eigenvalue weighted by Gasteiger charge is -2.07. The Morgan fingerprint density at radius 3 is 2.24 bits per heavy atom. The second-order valence-electron chi connectivity index (χ2n) is 7.47. The van der Waals surface area contributed by atoms with E-state index >= 15 is 0 Å². The van der Waals surface area contributed by atoms with E-state index in [9.17, 15) is 0 Å². The van der Waals surface area contributed by atoms with Gasteiger partial charge in [-0.05, 0) is 54.6 Å². The quantitative estimate of drug-likeness (QED) is 0.369. The molecule has 0 saturated heterocycles. The SMILES string of the molecule is CSc1ccc(-c2cccc(-c3nc(C(C)C)[nH]c3-c3cccc(C)n3)c2)cc1. The van der Waals surface area contributed by atoms with Gasteiger partial charge >= 0.3 is 0 Å². The first kappa shape index (κ1) is 19.5. The average molecular weight is 400 g/mol. The third-order valence-electron chi connectivity index (χ3n) is 4.97. The fraction of sp³-hybridized carbons (Fsp3) is 0.200. The Balaban J connectivity index is 1.82. The van der Waals surface area contributed by atoms with Crippen molar-refractivity contribution < 1.29 is 0 Å². The van der Waals surface area contributed by atoms with Gasteiger partial charge in [0, 0.05) is 22.1 Å². The number of rotatable bonds is 5. The standard InChI is InChI=1S/C25H25N3S/c1-16(2)25-27-23(24(28-25)22-10-5-7-17(3)26-22)20-9-6-8-19(15-20)18-11-13-21(29-4)14-12-18/h5-16H,1-4H3,(H,27,28). The number of benzene rings is 2. The number of nitrogens with zero attached hydrogens (tertiary/aromatic N) is 2. The molecule has 0 aliphatic carbocycles. The van der Waals surface area contributed by atoms with E-state index in [2.05, 4.69) is 73.6 Å². The number of pyridine rings is 1. The van der Waals surface area contributed by atoms with Crippen molar-refractivity contribution in [1.82, 2.24) is 15.0 Å². The van der Waals surface area contributed by atoms with Crippen molar-refractivity contribution in [2.75, 3.05) is 6.26 Å². The van der Waals surface area contributed by atoms with Crippen LogP contribution in [0.1, 0.15) is 31.3 Å². The van der Waals surface area contributed by atoms with Gasteiger partial charge in [0.2, 0.25) is 0 Å². The fourth-order valence-corrected chi connectivity index (χ4v) is 3.78. The number of hydrogen-bond acceptors (Lipinski definition) is 3. The molecule has 0 spiro atoms. The molecule has 2 aromatic heterocycles. The first-order valence-electron chi connectivity index (χ1n) is 9.84. The van der Waals surface area contributed by atoms with Crippen LogP contribution >= 0.6 is 11.8 Å². The molecule has 0 amide bonds. The number of aryl methyl sites for hydroxylation is 1. The van der Waals surface area contributed by atoms with E-state index in [4.69, 9.17) is 9.97 Å². The van der Waals surface area contributed by atoms with E-state index in [1.54, 1.807) is 11.8 Å². The molecule has 4 rings (SSSR count). The van der Waals surface area contributed by atoms with E-state index in [1.165, 1.54) is 16.0 Å². The molecule has 0 radical (unpaired) electrons. The van der Waals surface area contributed by atoms with Gasteiger partial charge in [-0.3, -0.25) is 4.98 Å². The molecule has 0 saturated carbocycles. The maximum Gasteiger partial charge on any atom is 0.109 e. The third-order valence-corrected chi connectivity index (χ3v) is 5.72. The molecular formula is C25H25N3S. The number of H-pyrrole nitrogens is 1. The molecule has 0 atom stereocenters. The van der Waals surface area contributed by atoms with Crippen molar-refractivity contribution in [3.05, 3.63) is 78.2 Å². The highest BCUT2D eigenvalue weighted by atomic mass is 32.2. The minimum Gasteiger partial charge on any atom is -0.340 e. The van der Waals surface area contributed by atoms with Crippen LogP contribution in [0.4, 0.5) is 0 Å². The molecule has 3 nitrogen and oxygen atoms in total. The topological polar surface area (TPSA) is 41.6 Å². The second kappa shape index (κ2) is 8.26. The zero-order valence-electron chi connectivity index (χ0n) is 17.2. The molecule has 0 fully saturated rings. The highest BCUT2D eigenvalue weighted by Crippen LogP contribution is 2.33. The van der Waals surface area contributed by atoms with Gasteiger partial charge in [0.15, 0.2) is 0 Å². The predicted octanol–water partition coefficient (Wildman–Crippen LogP) is 6.96. The van der Waals surface area contributed by atoms with Gasteiger partial charge in [0.25, 0.3) is 0 Å². The number of aromatic nitrogens is 3. The van der Waals surface area contributed by atoms with Crippen molar-refractivity contribution in [3.8, 4) is 33.8 Å². The zero-order valence-corrected chi connectivity index (χ0v) is 18.0. The molecule has 29 heavy (non-hydrogen) atoms. The smallest absolute Gasteiger partial charge is 0.109 e. The summed E-state index contributed by atoms with van der Waals surface area (Å²) in [6.07, 6.45) is 2.10. The molecule has 0 unspecified atom stereocenters. The highest BCUT2D eigenvalue weighted by molar-refractivity contribution is 7.98. The molecule has 0 aliphatic heterocycles. The maximum absolute atomic E-state index is 4.95. The van der Waals surface area contributed by atoms with Crippen LogP contribution in [0.2, 0.25) is 0 Å². The summed E-state index contributed by atoms with van der Waals surface area (Å²) >= 11 is 1.76. The van der Waals surface area contributed by atoms with E-state index in [0.717, 1.165) is 34.2 Å². The largest absolute Gasteiger partial charge is 0.340 e. The Kier molecular flexibility index (Phi) is 5.54. The van der Waals surface area contributed by atoms with Crippen molar-refractivity contribution >= 4 is 11.8 Å². The summed E-state index contributed by atoms with van der Waals surface area (Å²) in [6, 6.07) is 23.4. The summed E-state index contributed by atoms with van der Waals surface area (Å²) in [5.74, 6) is 1.29. The van der Waals surface area contributed by atoms with Crippen molar-refractivity contribution in [2.24, 2.45) is 0 Å². The molecule has 0 aliphatic rings. The summed E-state index contributed by atoms with van der Waals surface area (Å²) < 4.78 is 0. The van der Waals surface area contributed by atoms with Gasteiger partial charge in [0.1, 0.15) is 5.82 Å². The van der Waals surface area contributed by atoms with Crippen LogP contribution in [0, 0.1) is 6.92 Å². The summed E-state index contributed by atoms with van der Waals surface area (Å²) in [5.41, 5.74) is 7.34. The monoisotopic (exact) mass is 399 g/mol. The zero-order chi connectivity index (χ0) is 20.4. The molecule has 2 aromatic carbocycles. The van der Waals surface area contributed by atoms with Gasteiger partial charge in [-0.1, -0.05) is 50.2 Å². The summed E-state index contributed by atoms with van der Waals surface area (Å²) in [7, 11) is 0. The molecule has 0 bridgehead atoms. The first-order valence-corrected chi connectivity index (χ1v) is 11.1. The Labute approximate surface area is 176 Å². The number of hydrogen-bond donors (Lipinski definition) is 1. The van der Waals surface area contributed by atoms with E-state index in [-0.39, 0.29) is 0 Å². The van der Waals surface area contributed by atoms with Gasteiger partial charge < -0.3 is 4.98 Å². The second-order valence-corrected chi connectivity index (χ2v) is 8.35. The minimum atomic E-state index is 0.314. The average Bonchev–Trinajstić information content (AvgIpc) is 3.20. The normalized spacial score (nSPS) is 11.2. The summed E-state index contributed by atoms with van der Waals surface area (Å²) in [4.78, 5) is 14.5. The van der Waals surface area contributed by atoms with E-state index in [0.29, 0.717) is 5.92 Å². The first-order chi connectivity index (χ1) is 14.0. The molecule has 4 heteroatoms. The van der Waals surface area contributed by atoms with Gasteiger partial charge in [-0.15, -0.1) is 11.8 Å². The molecule has 1 N–H and O–H groups in total. The Hall–Kier alpha value is -2.85. The number of thioether (sulfide) groups is 1. The lowest BCUT2D eigenvalue weighted by Crippen LogP contribution is -1.90. The van der Waals surface area contributed by atoms with Crippen molar-refractivity contribution in [3.63, 3.8) is 0 Å². The Morgan fingerprint density at radius 2 is 1.55 bits per heavy atom. The summed E-state index contributed by atoms with van der Waals surface area (Å²) in [5, 5.41) is 0. The number of nitrogens with one attached hydrogen (secondary N) is 1.